The summed E-state index contributed by atoms with van der Waals surface area (Å²) in [5.74, 6) is 0.0349. The van der Waals surface area contributed by atoms with Gasteiger partial charge >= 0.3 is 5.97 Å². The number of rotatable bonds is 6. The Balaban J connectivity index is 2.62. The van der Waals surface area contributed by atoms with Crippen LogP contribution < -0.4 is 10.5 Å². The summed E-state index contributed by atoms with van der Waals surface area (Å²) in [5, 5.41) is 8.56. The number of benzene rings is 1. The third-order valence-corrected chi connectivity index (χ3v) is 2.78. The van der Waals surface area contributed by atoms with Crippen molar-refractivity contribution in [3.05, 3.63) is 29.3 Å². The fraction of sp³-hybridized carbons (Fsp3) is 0.462. The molecule has 0 aromatic heterocycles. The molecule has 1 unspecified atom stereocenters. The SMILES string of the molecule is COc1ccc(C(N)CCCC(=O)O)c(C)c1. The molecule has 0 spiro atoms. The van der Waals surface area contributed by atoms with Gasteiger partial charge in [0.2, 0.25) is 0 Å². The van der Waals surface area contributed by atoms with Crippen LogP contribution >= 0.6 is 0 Å². The standard InChI is InChI=1S/C13H19NO3/c1-9-8-10(17-2)6-7-11(9)12(14)4-3-5-13(15)16/h6-8,12H,3-5,14H2,1-2H3,(H,15,16). The number of nitrogens with two attached hydrogens (primary N) is 1. The average Bonchev–Trinajstić information content (AvgIpc) is 2.28. The molecular weight excluding hydrogens is 218 g/mol. The van der Waals surface area contributed by atoms with Gasteiger partial charge in [-0.3, -0.25) is 4.79 Å². The third-order valence-electron chi connectivity index (χ3n) is 2.78. The van der Waals surface area contributed by atoms with Gasteiger partial charge in [0.25, 0.3) is 0 Å². The van der Waals surface area contributed by atoms with Gasteiger partial charge in [-0.1, -0.05) is 6.07 Å². The summed E-state index contributed by atoms with van der Waals surface area (Å²) in [7, 11) is 1.63. The molecule has 0 radical (unpaired) electrons. The number of aliphatic carboxylic acids is 1. The third kappa shape index (κ3) is 4.07. The Bertz CT molecular complexity index is 390. The molecule has 0 bridgehead atoms. The number of carbonyl (C=O) groups is 1. The maximum absolute atomic E-state index is 10.4. The number of ether oxygens (including phenoxy) is 1. The van der Waals surface area contributed by atoms with Crippen LogP contribution in [0, 0.1) is 6.92 Å². The fourth-order valence-corrected chi connectivity index (χ4v) is 1.82. The first-order valence-electron chi connectivity index (χ1n) is 5.66. The number of hydrogen-bond donors (Lipinski definition) is 2. The van der Waals surface area contributed by atoms with Crippen LogP contribution in [0.3, 0.4) is 0 Å². The summed E-state index contributed by atoms with van der Waals surface area (Å²) in [4.78, 5) is 10.4. The summed E-state index contributed by atoms with van der Waals surface area (Å²) in [5.41, 5.74) is 8.17. The molecule has 1 aromatic rings. The molecule has 1 rings (SSSR count). The first kappa shape index (κ1) is 13.5. The number of aryl methyl sites for hydroxylation is 1. The Hall–Kier alpha value is -1.55. The lowest BCUT2D eigenvalue weighted by molar-refractivity contribution is -0.137. The zero-order valence-corrected chi connectivity index (χ0v) is 10.3. The molecule has 4 heteroatoms. The highest BCUT2D eigenvalue weighted by molar-refractivity contribution is 5.66. The second-order valence-electron chi connectivity index (χ2n) is 4.11. The van der Waals surface area contributed by atoms with E-state index in [1.165, 1.54) is 0 Å². The number of methoxy groups -OCH3 is 1. The molecule has 4 nitrogen and oxygen atoms in total. The molecule has 0 heterocycles. The molecule has 1 atom stereocenters. The largest absolute Gasteiger partial charge is 0.497 e. The quantitative estimate of drug-likeness (QED) is 0.796. The van der Waals surface area contributed by atoms with Crippen molar-refractivity contribution in [3.8, 4) is 5.75 Å². The monoisotopic (exact) mass is 237 g/mol. The van der Waals surface area contributed by atoms with E-state index in [1.807, 2.05) is 25.1 Å². The number of hydrogen-bond acceptors (Lipinski definition) is 3. The van der Waals surface area contributed by atoms with E-state index in [9.17, 15) is 4.79 Å². The molecule has 0 fully saturated rings. The highest BCUT2D eigenvalue weighted by atomic mass is 16.5. The second kappa shape index (κ2) is 6.25. The van der Waals surface area contributed by atoms with E-state index < -0.39 is 5.97 Å². The molecule has 0 aliphatic carbocycles. The summed E-state index contributed by atoms with van der Waals surface area (Å²) in [6, 6.07) is 5.64. The summed E-state index contributed by atoms with van der Waals surface area (Å²) >= 11 is 0. The predicted molar refractivity (Wildman–Crippen MR) is 66.1 cm³/mol. The van der Waals surface area contributed by atoms with E-state index in [1.54, 1.807) is 7.11 Å². The van der Waals surface area contributed by atoms with Gasteiger partial charge in [0.1, 0.15) is 5.75 Å². The van der Waals surface area contributed by atoms with Gasteiger partial charge in [0.05, 0.1) is 7.11 Å². The van der Waals surface area contributed by atoms with Crippen molar-refractivity contribution in [2.45, 2.75) is 32.2 Å². The fourth-order valence-electron chi connectivity index (χ4n) is 1.82. The molecule has 0 saturated heterocycles. The Labute approximate surface area is 101 Å². The highest BCUT2D eigenvalue weighted by Gasteiger charge is 2.10. The zero-order valence-electron chi connectivity index (χ0n) is 10.3. The van der Waals surface area contributed by atoms with Gasteiger partial charge in [0.15, 0.2) is 0 Å². The van der Waals surface area contributed by atoms with Gasteiger partial charge in [-0.2, -0.15) is 0 Å². The minimum absolute atomic E-state index is 0.111. The lowest BCUT2D eigenvalue weighted by atomic mass is 9.97. The van der Waals surface area contributed by atoms with E-state index in [2.05, 4.69) is 0 Å². The molecule has 0 aliphatic rings. The maximum Gasteiger partial charge on any atom is 0.303 e. The minimum Gasteiger partial charge on any atom is -0.497 e. The van der Waals surface area contributed by atoms with Crippen molar-refractivity contribution in [2.24, 2.45) is 5.73 Å². The van der Waals surface area contributed by atoms with Crippen LogP contribution in [0.1, 0.15) is 36.4 Å². The average molecular weight is 237 g/mol. The normalized spacial score (nSPS) is 12.2. The molecule has 0 aliphatic heterocycles. The summed E-state index contributed by atoms with van der Waals surface area (Å²) in [6.07, 6.45) is 1.45. The van der Waals surface area contributed by atoms with E-state index in [4.69, 9.17) is 15.6 Å². The van der Waals surface area contributed by atoms with Gasteiger partial charge in [-0.15, -0.1) is 0 Å². The topological polar surface area (TPSA) is 72.5 Å². The lowest BCUT2D eigenvalue weighted by Crippen LogP contribution is -2.12. The molecule has 1 aromatic carbocycles. The maximum atomic E-state index is 10.4. The Morgan fingerprint density at radius 1 is 1.53 bits per heavy atom. The zero-order chi connectivity index (χ0) is 12.8. The molecular formula is C13H19NO3. The lowest BCUT2D eigenvalue weighted by Gasteiger charge is -2.15. The van der Waals surface area contributed by atoms with Crippen LogP contribution in [0.25, 0.3) is 0 Å². The van der Waals surface area contributed by atoms with Crippen molar-refractivity contribution >= 4 is 5.97 Å². The Morgan fingerprint density at radius 2 is 2.24 bits per heavy atom. The first-order chi connectivity index (χ1) is 8.04. The predicted octanol–water partition coefficient (Wildman–Crippen LogP) is 2.26. The van der Waals surface area contributed by atoms with Crippen molar-refractivity contribution < 1.29 is 14.6 Å². The Kier molecular flexibility index (Phi) is 4.97. The Morgan fingerprint density at radius 3 is 2.76 bits per heavy atom. The van der Waals surface area contributed by atoms with E-state index >= 15 is 0 Å². The molecule has 17 heavy (non-hydrogen) atoms. The van der Waals surface area contributed by atoms with Gasteiger partial charge in [-0.05, 0) is 43.0 Å². The van der Waals surface area contributed by atoms with E-state index in [0.717, 1.165) is 16.9 Å². The smallest absolute Gasteiger partial charge is 0.303 e. The minimum atomic E-state index is -0.774. The van der Waals surface area contributed by atoms with Crippen LogP contribution in [-0.2, 0) is 4.79 Å². The van der Waals surface area contributed by atoms with Crippen molar-refractivity contribution in [1.29, 1.82) is 0 Å². The number of carboxylic acids is 1. The van der Waals surface area contributed by atoms with Crippen LogP contribution in [0.15, 0.2) is 18.2 Å². The molecule has 94 valence electrons. The van der Waals surface area contributed by atoms with Gasteiger partial charge in [-0.25, -0.2) is 0 Å². The number of carboxylic acid groups (broad SMARTS) is 1. The van der Waals surface area contributed by atoms with E-state index in [-0.39, 0.29) is 12.5 Å². The first-order valence-corrected chi connectivity index (χ1v) is 5.66. The summed E-state index contributed by atoms with van der Waals surface area (Å²) < 4.78 is 5.12. The molecule has 3 N–H and O–H groups in total. The van der Waals surface area contributed by atoms with E-state index in [0.29, 0.717) is 12.8 Å². The highest BCUT2D eigenvalue weighted by Crippen LogP contribution is 2.24. The van der Waals surface area contributed by atoms with Crippen molar-refractivity contribution in [2.75, 3.05) is 7.11 Å². The van der Waals surface area contributed by atoms with Crippen molar-refractivity contribution in [1.82, 2.24) is 0 Å². The van der Waals surface area contributed by atoms with Crippen LogP contribution in [0.2, 0.25) is 0 Å². The van der Waals surface area contributed by atoms with Crippen LogP contribution in [-0.4, -0.2) is 18.2 Å². The summed E-state index contributed by atoms with van der Waals surface area (Å²) in [6.45, 7) is 1.98. The molecule has 0 saturated carbocycles. The van der Waals surface area contributed by atoms with Gasteiger partial charge < -0.3 is 15.6 Å². The molecule has 0 amide bonds. The van der Waals surface area contributed by atoms with Crippen LogP contribution in [0.5, 0.6) is 5.75 Å². The van der Waals surface area contributed by atoms with Crippen LogP contribution in [0.4, 0.5) is 0 Å². The van der Waals surface area contributed by atoms with Gasteiger partial charge in [0, 0.05) is 12.5 Å². The van der Waals surface area contributed by atoms with Crippen molar-refractivity contribution in [3.63, 3.8) is 0 Å². The second-order valence-corrected chi connectivity index (χ2v) is 4.11.